The second-order valence-electron chi connectivity index (χ2n) is 5.20. The summed E-state index contributed by atoms with van der Waals surface area (Å²) in [6.07, 6.45) is 3.04. The first-order chi connectivity index (χ1) is 9.60. The summed E-state index contributed by atoms with van der Waals surface area (Å²) in [6.45, 7) is 6.28. The summed E-state index contributed by atoms with van der Waals surface area (Å²) in [6, 6.07) is 0. The number of nitrogens with zero attached hydrogens (tertiary/aromatic N) is 2. The number of rotatable bonds is 6. The molecule has 2 rings (SSSR count). The number of aromatic nitrogens is 2. The van der Waals surface area contributed by atoms with Crippen LogP contribution >= 0.6 is 15.9 Å². The normalized spacial score (nSPS) is 22.2. The fourth-order valence-corrected chi connectivity index (χ4v) is 2.71. The highest BCUT2D eigenvalue weighted by atomic mass is 79.9. The van der Waals surface area contributed by atoms with Gasteiger partial charge in [-0.05, 0) is 42.1 Å². The molecule has 0 aromatic carbocycles. The van der Waals surface area contributed by atoms with Gasteiger partial charge in [-0.3, -0.25) is 0 Å². The second-order valence-corrected chi connectivity index (χ2v) is 5.99. The topological polar surface area (TPSA) is 56.3 Å². The van der Waals surface area contributed by atoms with E-state index in [1.54, 1.807) is 7.11 Å². The smallest absolute Gasteiger partial charge is 0.162 e. The van der Waals surface area contributed by atoms with Crippen molar-refractivity contribution in [2.24, 2.45) is 0 Å². The van der Waals surface area contributed by atoms with E-state index in [2.05, 4.69) is 45.1 Å². The maximum atomic E-state index is 5.85. The molecule has 6 heteroatoms. The predicted molar refractivity (Wildman–Crippen MR) is 81.8 cm³/mol. The Balaban J connectivity index is 2.38. The van der Waals surface area contributed by atoms with Crippen LogP contribution in [0.3, 0.4) is 0 Å². The van der Waals surface area contributed by atoms with Crippen molar-refractivity contribution in [1.82, 2.24) is 9.97 Å². The molecule has 0 bridgehead atoms. The lowest BCUT2D eigenvalue weighted by molar-refractivity contribution is 0.00894. The van der Waals surface area contributed by atoms with E-state index in [9.17, 15) is 0 Å². The molecule has 1 unspecified atom stereocenters. The maximum Gasteiger partial charge on any atom is 0.162 e. The SMILES string of the molecule is CCCNc1nc(C2(C)CCCO2)nc(COC)c1Br. The second kappa shape index (κ2) is 6.83. The summed E-state index contributed by atoms with van der Waals surface area (Å²) in [5, 5.41) is 3.33. The first-order valence-corrected chi connectivity index (χ1v) is 7.83. The summed E-state index contributed by atoms with van der Waals surface area (Å²) in [5.41, 5.74) is 0.471. The number of hydrogen-bond donors (Lipinski definition) is 1. The van der Waals surface area contributed by atoms with E-state index in [0.717, 1.165) is 54.2 Å². The van der Waals surface area contributed by atoms with E-state index >= 15 is 0 Å². The maximum absolute atomic E-state index is 5.85. The Morgan fingerprint density at radius 3 is 2.85 bits per heavy atom. The van der Waals surface area contributed by atoms with E-state index in [-0.39, 0.29) is 5.60 Å². The Labute approximate surface area is 128 Å². The van der Waals surface area contributed by atoms with Crippen LogP contribution in [0.5, 0.6) is 0 Å². The molecule has 1 fully saturated rings. The van der Waals surface area contributed by atoms with E-state index in [4.69, 9.17) is 9.47 Å². The molecule has 0 amide bonds. The highest BCUT2D eigenvalue weighted by molar-refractivity contribution is 9.10. The van der Waals surface area contributed by atoms with E-state index < -0.39 is 0 Å². The number of hydrogen-bond acceptors (Lipinski definition) is 5. The fourth-order valence-electron chi connectivity index (χ4n) is 2.28. The summed E-state index contributed by atoms with van der Waals surface area (Å²) in [5.74, 6) is 1.56. The third-order valence-corrected chi connectivity index (χ3v) is 4.27. The molecule has 5 nitrogen and oxygen atoms in total. The first kappa shape index (κ1) is 15.7. The van der Waals surface area contributed by atoms with Crippen LogP contribution in [0.1, 0.15) is 44.6 Å². The Morgan fingerprint density at radius 1 is 1.45 bits per heavy atom. The van der Waals surface area contributed by atoms with Gasteiger partial charge in [-0.25, -0.2) is 9.97 Å². The highest BCUT2D eigenvalue weighted by Crippen LogP contribution is 2.36. The lowest BCUT2D eigenvalue weighted by Gasteiger charge is -2.23. The zero-order chi connectivity index (χ0) is 14.6. The molecule has 0 radical (unpaired) electrons. The largest absolute Gasteiger partial charge is 0.378 e. The van der Waals surface area contributed by atoms with Crippen LogP contribution in [0.25, 0.3) is 0 Å². The van der Waals surface area contributed by atoms with Crippen LogP contribution < -0.4 is 5.32 Å². The van der Waals surface area contributed by atoms with Gasteiger partial charge in [-0.15, -0.1) is 0 Å². The first-order valence-electron chi connectivity index (χ1n) is 7.04. The van der Waals surface area contributed by atoms with Crippen molar-refractivity contribution in [3.8, 4) is 0 Å². The molecule has 1 saturated heterocycles. The van der Waals surface area contributed by atoms with Gasteiger partial charge in [0.25, 0.3) is 0 Å². The van der Waals surface area contributed by atoms with Crippen LogP contribution in [0.2, 0.25) is 0 Å². The van der Waals surface area contributed by atoms with Crippen molar-refractivity contribution in [3.63, 3.8) is 0 Å². The average Bonchev–Trinajstić information content (AvgIpc) is 2.88. The quantitative estimate of drug-likeness (QED) is 0.859. The third kappa shape index (κ3) is 3.30. The Bertz CT molecular complexity index is 462. The number of anilines is 1. The third-order valence-electron chi connectivity index (χ3n) is 3.44. The van der Waals surface area contributed by atoms with Gasteiger partial charge in [0.1, 0.15) is 11.4 Å². The van der Waals surface area contributed by atoms with Gasteiger partial charge in [0.05, 0.1) is 16.8 Å². The molecule has 1 aromatic heterocycles. The van der Waals surface area contributed by atoms with Crippen molar-refractivity contribution < 1.29 is 9.47 Å². The van der Waals surface area contributed by atoms with Crippen LogP contribution in [-0.4, -0.2) is 30.2 Å². The summed E-state index contributed by atoms with van der Waals surface area (Å²) in [4.78, 5) is 9.29. The molecule has 20 heavy (non-hydrogen) atoms. The van der Waals surface area contributed by atoms with Crippen molar-refractivity contribution in [2.45, 2.75) is 45.3 Å². The van der Waals surface area contributed by atoms with Gasteiger partial charge < -0.3 is 14.8 Å². The van der Waals surface area contributed by atoms with Crippen LogP contribution in [0, 0.1) is 0 Å². The van der Waals surface area contributed by atoms with Crippen LogP contribution in [0.15, 0.2) is 4.47 Å². The lowest BCUT2D eigenvalue weighted by Crippen LogP contribution is -2.25. The molecule has 2 heterocycles. The number of ether oxygens (including phenoxy) is 2. The molecule has 0 saturated carbocycles. The van der Waals surface area contributed by atoms with Gasteiger partial charge >= 0.3 is 0 Å². The van der Waals surface area contributed by atoms with Gasteiger partial charge in [-0.1, -0.05) is 6.92 Å². The number of nitrogens with one attached hydrogen (secondary N) is 1. The summed E-state index contributed by atoms with van der Waals surface area (Å²) in [7, 11) is 1.67. The zero-order valence-electron chi connectivity index (χ0n) is 12.3. The van der Waals surface area contributed by atoms with Gasteiger partial charge in [0.15, 0.2) is 5.82 Å². The molecule has 1 aromatic rings. The lowest BCUT2D eigenvalue weighted by atomic mass is 10.0. The van der Waals surface area contributed by atoms with Gasteiger partial charge in [0.2, 0.25) is 0 Å². The molecule has 0 aliphatic carbocycles. The molecule has 1 aliphatic heterocycles. The van der Waals surface area contributed by atoms with E-state index in [0.29, 0.717) is 6.61 Å². The Morgan fingerprint density at radius 2 is 2.25 bits per heavy atom. The van der Waals surface area contributed by atoms with Gasteiger partial charge in [0, 0.05) is 20.3 Å². The molecule has 1 N–H and O–H groups in total. The Kier molecular flexibility index (Phi) is 5.35. The van der Waals surface area contributed by atoms with Crippen LogP contribution in [-0.2, 0) is 21.7 Å². The van der Waals surface area contributed by atoms with Gasteiger partial charge in [-0.2, -0.15) is 0 Å². The molecule has 1 atom stereocenters. The monoisotopic (exact) mass is 343 g/mol. The number of methoxy groups -OCH3 is 1. The zero-order valence-corrected chi connectivity index (χ0v) is 13.9. The highest BCUT2D eigenvalue weighted by Gasteiger charge is 2.35. The molecule has 1 aliphatic rings. The van der Waals surface area contributed by atoms with Crippen molar-refractivity contribution >= 4 is 21.7 Å². The van der Waals surface area contributed by atoms with Crippen LogP contribution in [0.4, 0.5) is 5.82 Å². The van der Waals surface area contributed by atoms with Crippen molar-refractivity contribution in [1.29, 1.82) is 0 Å². The molecular weight excluding hydrogens is 322 g/mol. The Hall–Kier alpha value is -0.720. The minimum atomic E-state index is -0.383. The standard InChI is InChI=1S/C14H22BrN3O2/c1-4-7-16-12-11(15)10(9-19-3)17-13(18-12)14(2)6-5-8-20-14/h4-9H2,1-3H3,(H,16,17,18). The van der Waals surface area contributed by atoms with Crippen molar-refractivity contribution in [2.75, 3.05) is 25.6 Å². The molecular formula is C14H22BrN3O2. The minimum absolute atomic E-state index is 0.383. The minimum Gasteiger partial charge on any atom is -0.378 e. The summed E-state index contributed by atoms with van der Waals surface area (Å²) >= 11 is 3.56. The molecule has 112 valence electrons. The average molecular weight is 344 g/mol. The summed E-state index contributed by atoms with van der Waals surface area (Å²) < 4.78 is 12.0. The molecule has 0 spiro atoms. The van der Waals surface area contributed by atoms with E-state index in [1.165, 1.54) is 0 Å². The number of halogens is 1. The van der Waals surface area contributed by atoms with E-state index in [1.807, 2.05) is 0 Å². The predicted octanol–water partition coefficient (Wildman–Crippen LogP) is 3.23. The fraction of sp³-hybridized carbons (Fsp3) is 0.714. The van der Waals surface area contributed by atoms with Crippen molar-refractivity contribution in [3.05, 3.63) is 16.0 Å².